The maximum atomic E-state index is 12.9. The number of rotatable bonds is 8. The molecule has 1 rings (SSSR count). The fourth-order valence-electron chi connectivity index (χ4n) is 1.68. The van der Waals surface area contributed by atoms with Crippen molar-refractivity contribution in [2.24, 2.45) is 0 Å². The van der Waals surface area contributed by atoms with Crippen LogP contribution in [0.2, 0.25) is 0 Å². The largest absolute Gasteiger partial charge is 0.395 e. The molecule has 0 unspecified atom stereocenters. The molecule has 7 heteroatoms. The molecule has 0 saturated heterocycles. The SMILES string of the molecule is O=C(CCN(CCO)CC(F)F)Nc1cccc(F)c1. The number of carbonyl (C=O) groups is 1. The lowest BCUT2D eigenvalue weighted by atomic mass is 10.3. The Bertz CT molecular complexity index is 430. The van der Waals surface area contributed by atoms with E-state index >= 15 is 0 Å². The van der Waals surface area contributed by atoms with Crippen LogP contribution < -0.4 is 5.32 Å². The van der Waals surface area contributed by atoms with Gasteiger partial charge < -0.3 is 10.4 Å². The highest BCUT2D eigenvalue weighted by atomic mass is 19.3. The van der Waals surface area contributed by atoms with Crippen LogP contribution in [0.1, 0.15) is 6.42 Å². The van der Waals surface area contributed by atoms with E-state index in [1.807, 2.05) is 0 Å². The van der Waals surface area contributed by atoms with E-state index in [9.17, 15) is 18.0 Å². The van der Waals surface area contributed by atoms with Crippen molar-refractivity contribution in [3.05, 3.63) is 30.1 Å². The highest BCUT2D eigenvalue weighted by Gasteiger charge is 2.13. The molecule has 20 heavy (non-hydrogen) atoms. The first-order chi connectivity index (χ1) is 9.51. The Morgan fingerprint density at radius 3 is 2.70 bits per heavy atom. The van der Waals surface area contributed by atoms with Gasteiger partial charge in [-0.3, -0.25) is 9.69 Å². The van der Waals surface area contributed by atoms with Crippen molar-refractivity contribution in [2.75, 3.05) is 31.6 Å². The number of benzene rings is 1. The predicted octanol–water partition coefficient (Wildman–Crippen LogP) is 1.71. The molecule has 0 radical (unpaired) electrons. The van der Waals surface area contributed by atoms with Gasteiger partial charge in [0.25, 0.3) is 6.43 Å². The molecule has 1 aromatic carbocycles. The molecule has 1 aromatic rings. The smallest absolute Gasteiger partial charge is 0.251 e. The summed E-state index contributed by atoms with van der Waals surface area (Å²) >= 11 is 0. The van der Waals surface area contributed by atoms with Gasteiger partial charge in [0.1, 0.15) is 5.82 Å². The molecule has 2 N–H and O–H groups in total. The number of nitrogens with one attached hydrogen (secondary N) is 1. The summed E-state index contributed by atoms with van der Waals surface area (Å²) in [6.07, 6.45) is -2.53. The molecule has 0 bridgehead atoms. The summed E-state index contributed by atoms with van der Waals surface area (Å²) in [5, 5.41) is 11.2. The monoisotopic (exact) mass is 290 g/mol. The van der Waals surface area contributed by atoms with Crippen LogP contribution in [0.25, 0.3) is 0 Å². The van der Waals surface area contributed by atoms with Crippen LogP contribution >= 0.6 is 0 Å². The van der Waals surface area contributed by atoms with E-state index in [1.165, 1.54) is 29.2 Å². The third kappa shape index (κ3) is 6.53. The van der Waals surface area contributed by atoms with Crippen molar-refractivity contribution < 1.29 is 23.1 Å². The number of halogens is 3. The average Bonchev–Trinajstić information content (AvgIpc) is 2.35. The Morgan fingerprint density at radius 1 is 1.35 bits per heavy atom. The van der Waals surface area contributed by atoms with Crippen LogP contribution in [0.4, 0.5) is 18.9 Å². The van der Waals surface area contributed by atoms with E-state index in [2.05, 4.69) is 5.32 Å². The molecule has 0 spiro atoms. The number of nitrogens with zero attached hydrogens (tertiary/aromatic N) is 1. The summed E-state index contributed by atoms with van der Waals surface area (Å²) in [6, 6.07) is 5.41. The van der Waals surface area contributed by atoms with Crippen molar-refractivity contribution in [3.63, 3.8) is 0 Å². The number of alkyl halides is 2. The summed E-state index contributed by atoms with van der Waals surface area (Å²) in [5.74, 6) is -0.866. The summed E-state index contributed by atoms with van der Waals surface area (Å²) in [7, 11) is 0. The topological polar surface area (TPSA) is 52.6 Å². The molecule has 0 aliphatic carbocycles. The van der Waals surface area contributed by atoms with Crippen molar-refractivity contribution >= 4 is 11.6 Å². The fourth-order valence-corrected chi connectivity index (χ4v) is 1.68. The Hall–Kier alpha value is -1.60. The number of hydrogen-bond acceptors (Lipinski definition) is 3. The number of aliphatic hydroxyl groups is 1. The van der Waals surface area contributed by atoms with Crippen LogP contribution in [-0.4, -0.2) is 48.6 Å². The van der Waals surface area contributed by atoms with Gasteiger partial charge in [-0.25, -0.2) is 13.2 Å². The van der Waals surface area contributed by atoms with Gasteiger partial charge in [-0.1, -0.05) is 6.07 Å². The molecule has 0 saturated carbocycles. The van der Waals surface area contributed by atoms with E-state index in [-0.39, 0.29) is 26.1 Å². The van der Waals surface area contributed by atoms with Crippen LogP contribution in [0.3, 0.4) is 0 Å². The van der Waals surface area contributed by atoms with E-state index in [0.29, 0.717) is 5.69 Å². The van der Waals surface area contributed by atoms with Gasteiger partial charge in [-0.05, 0) is 18.2 Å². The molecule has 112 valence electrons. The lowest BCUT2D eigenvalue weighted by Gasteiger charge is -2.20. The normalized spacial score (nSPS) is 11.1. The van der Waals surface area contributed by atoms with E-state index in [1.54, 1.807) is 0 Å². The number of aliphatic hydroxyl groups excluding tert-OH is 1. The van der Waals surface area contributed by atoms with Crippen LogP contribution in [0.15, 0.2) is 24.3 Å². The second kappa shape index (κ2) is 8.55. The van der Waals surface area contributed by atoms with Gasteiger partial charge in [0.15, 0.2) is 0 Å². The highest BCUT2D eigenvalue weighted by molar-refractivity contribution is 5.90. The van der Waals surface area contributed by atoms with Crippen molar-refractivity contribution in [1.29, 1.82) is 0 Å². The number of anilines is 1. The molecule has 0 heterocycles. The van der Waals surface area contributed by atoms with Gasteiger partial charge in [-0.2, -0.15) is 0 Å². The molecular weight excluding hydrogens is 273 g/mol. The zero-order valence-corrected chi connectivity index (χ0v) is 10.9. The Kier molecular flexibility index (Phi) is 7.03. The third-order valence-corrected chi connectivity index (χ3v) is 2.58. The van der Waals surface area contributed by atoms with Crippen LogP contribution in [0.5, 0.6) is 0 Å². The van der Waals surface area contributed by atoms with E-state index < -0.39 is 24.7 Å². The summed E-state index contributed by atoms with van der Waals surface area (Å²) in [5.41, 5.74) is 0.317. The number of hydrogen-bond donors (Lipinski definition) is 2. The molecule has 4 nitrogen and oxygen atoms in total. The zero-order chi connectivity index (χ0) is 15.0. The first-order valence-corrected chi connectivity index (χ1v) is 6.18. The maximum Gasteiger partial charge on any atom is 0.251 e. The van der Waals surface area contributed by atoms with Crippen LogP contribution in [-0.2, 0) is 4.79 Å². The van der Waals surface area contributed by atoms with Crippen LogP contribution in [0, 0.1) is 5.82 Å². The van der Waals surface area contributed by atoms with Gasteiger partial charge in [0, 0.05) is 25.2 Å². The first kappa shape index (κ1) is 16.5. The van der Waals surface area contributed by atoms with E-state index in [4.69, 9.17) is 5.11 Å². The molecule has 0 aromatic heterocycles. The third-order valence-electron chi connectivity index (χ3n) is 2.58. The lowest BCUT2D eigenvalue weighted by Crippen LogP contribution is -2.34. The molecule has 0 aliphatic rings. The number of carbonyl (C=O) groups excluding carboxylic acids is 1. The second-order valence-electron chi connectivity index (χ2n) is 4.22. The Balaban J connectivity index is 2.41. The summed E-state index contributed by atoms with van der Waals surface area (Å²) in [6.45, 7) is -0.560. The Morgan fingerprint density at radius 2 is 2.10 bits per heavy atom. The second-order valence-corrected chi connectivity index (χ2v) is 4.22. The molecule has 0 fully saturated rings. The molecular formula is C13H17F3N2O2. The minimum Gasteiger partial charge on any atom is -0.395 e. The Labute approximate surface area is 115 Å². The van der Waals surface area contributed by atoms with Crippen molar-refractivity contribution in [2.45, 2.75) is 12.8 Å². The quantitative estimate of drug-likeness (QED) is 0.766. The molecule has 0 atom stereocenters. The zero-order valence-electron chi connectivity index (χ0n) is 10.9. The standard InChI is InChI=1S/C13H17F3N2O2/c14-10-2-1-3-11(8-10)17-13(20)4-5-18(6-7-19)9-12(15)16/h1-3,8,12,19H,4-7,9H2,(H,17,20). The first-order valence-electron chi connectivity index (χ1n) is 6.18. The van der Waals surface area contributed by atoms with Crippen molar-refractivity contribution in [1.82, 2.24) is 4.90 Å². The van der Waals surface area contributed by atoms with Gasteiger partial charge in [0.2, 0.25) is 5.91 Å². The summed E-state index contributed by atoms with van der Waals surface area (Å²) < 4.78 is 37.4. The average molecular weight is 290 g/mol. The van der Waals surface area contributed by atoms with Gasteiger partial charge in [-0.15, -0.1) is 0 Å². The minimum absolute atomic E-state index is 0.0107. The molecule has 1 amide bonds. The molecule has 0 aliphatic heterocycles. The predicted molar refractivity (Wildman–Crippen MR) is 69.2 cm³/mol. The fraction of sp³-hybridized carbons (Fsp3) is 0.462. The van der Waals surface area contributed by atoms with Gasteiger partial charge in [0.05, 0.1) is 13.2 Å². The maximum absolute atomic E-state index is 12.9. The summed E-state index contributed by atoms with van der Waals surface area (Å²) in [4.78, 5) is 12.9. The minimum atomic E-state index is -2.52. The lowest BCUT2D eigenvalue weighted by molar-refractivity contribution is -0.116. The highest BCUT2D eigenvalue weighted by Crippen LogP contribution is 2.09. The van der Waals surface area contributed by atoms with Gasteiger partial charge >= 0.3 is 0 Å². The number of amides is 1. The van der Waals surface area contributed by atoms with E-state index in [0.717, 1.165) is 0 Å². The van der Waals surface area contributed by atoms with Crippen molar-refractivity contribution in [3.8, 4) is 0 Å².